The Kier molecular flexibility index (Phi) is 8.30. The zero-order chi connectivity index (χ0) is 34.1. The summed E-state index contributed by atoms with van der Waals surface area (Å²) in [6.07, 6.45) is 4.95. The second kappa shape index (κ2) is 12.1. The zero-order valence-electron chi connectivity index (χ0n) is 26.8. The normalized spacial score (nSPS) is 26.4. The van der Waals surface area contributed by atoms with Crippen LogP contribution in [0.5, 0.6) is 0 Å². The molecule has 3 N–H and O–H groups in total. The number of fused-ring (bicyclic) bond motifs is 1. The summed E-state index contributed by atoms with van der Waals surface area (Å²) in [4.78, 5) is 68.6. The van der Waals surface area contributed by atoms with Gasteiger partial charge in [-0.3, -0.25) is 34.3 Å². The molecule has 0 aromatic heterocycles. The summed E-state index contributed by atoms with van der Waals surface area (Å²) >= 11 is 0. The number of nitrogens with zero attached hydrogens (tertiary/aromatic N) is 4. The predicted molar refractivity (Wildman–Crippen MR) is 172 cm³/mol. The van der Waals surface area contributed by atoms with Crippen LogP contribution in [0.25, 0.3) is 0 Å². The van der Waals surface area contributed by atoms with Crippen molar-refractivity contribution in [2.75, 3.05) is 44.2 Å². The molecule has 4 heterocycles. The van der Waals surface area contributed by atoms with Crippen LogP contribution in [0.4, 0.5) is 10.1 Å². The van der Waals surface area contributed by atoms with E-state index in [9.17, 15) is 32.4 Å². The number of ketones is 2. The van der Waals surface area contributed by atoms with Gasteiger partial charge in [0, 0.05) is 57.6 Å². The average Bonchev–Trinajstić information content (AvgIpc) is 3.30. The molecule has 13 nitrogen and oxygen atoms in total. The van der Waals surface area contributed by atoms with Crippen LogP contribution in [0.3, 0.4) is 0 Å². The highest BCUT2D eigenvalue weighted by atomic mass is 32.2. The molecule has 1 unspecified atom stereocenters. The molecule has 6 aliphatic rings. The maximum Gasteiger partial charge on any atom is 0.262 e. The fraction of sp³-hybridized carbons (Fsp3) is 0.636. The second-order valence-corrected chi connectivity index (χ2v) is 16.7. The number of hydrogen-bond acceptors (Lipinski definition) is 10. The highest BCUT2D eigenvalue weighted by Crippen LogP contribution is 2.54. The molecule has 0 bridgehead atoms. The topological polar surface area (TPSA) is 182 Å². The lowest BCUT2D eigenvalue weighted by Gasteiger charge is -2.53. The summed E-state index contributed by atoms with van der Waals surface area (Å²) in [5.74, 6) is -3.73. The summed E-state index contributed by atoms with van der Waals surface area (Å²) < 4.78 is 43.3. The van der Waals surface area contributed by atoms with E-state index in [1.807, 2.05) is 9.80 Å². The van der Waals surface area contributed by atoms with E-state index in [1.165, 1.54) is 6.07 Å². The number of Topliss-reactive ketones (excluding diaryl/α,β-unsaturated/α-hetero) is 2. The van der Waals surface area contributed by atoms with E-state index in [4.69, 9.17) is 11.1 Å². The molecule has 2 aliphatic carbocycles. The first kappa shape index (κ1) is 33.0. The van der Waals surface area contributed by atoms with Crippen molar-refractivity contribution in [1.82, 2.24) is 14.1 Å². The molecule has 1 spiro atoms. The van der Waals surface area contributed by atoms with Crippen LogP contribution in [-0.4, -0.2) is 114 Å². The van der Waals surface area contributed by atoms with E-state index in [0.717, 1.165) is 36.6 Å². The molecule has 1 aromatic carbocycles. The number of benzene rings is 1. The quantitative estimate of drug-likeness (QED) is 0.434. The van der Waals surface area contributed by atoms with Crippen molar-refractivity contribution in [2.24, 2.45) is 17.1 Å². The number of rotatable bonds is 5. The molecular weight excluding hydrogens is 643 g/mol. The Morgan fingerprint density at radius 3 is 2.10 bits per heavy atom. The second-order valence-electron chi connectivity index (χ2n) is 14.4. The van der Waals surface area contributed by atoms with Gasteiger partial charge in [-0.25, -0.2) is 17.1 Å². The summed E-state index contributed by atoms with van der Waals surface area (Å²) in [6.45, 7) is 2.79. The first-order valence-electron chi connectivity index (χ1n) is 17.0. The van der Waals surface area contributed by atoms with Gasteiger partial charge in [0.2, 0.25) is 21.7 Å². The lowest BCUT2D eigenvalue weighted by atomic mass is 9.57. The van der Waals surface area contributed by atoms with Gasteiger partial charge < -0.3 is 15.5 Å². The average molecular weight is 685 g/mol. The van der Waals surface area contributed by atoms with Crippen molar-refractivity contribution in [3.63, 3.8) is 0 Å². The third-order valence-electron chi connectivity index (χ3n) is 11.7. The van der Waals surface area contributed by atoms with Crippen LogP contribution in [-0.2, 0) is 24.4 Å². The third-order valence-corrected chi connectivity index (χ3v) is 14.1. The van der Waals surface area contributed by atoms with Crippen molar-refractivity contribution < 1.29 is 36.8 Å². The smallest absolute Gasteiger partial charge is 0.262 e. The number of carbonyl (C=O) groups is 5. The standard InChI is InChI=1S/C33H41FN6O7S/c34-24-15-22-23(32(45)40(31(22)44)25-1-2-27(41)28(36)29(25)42)16-26(24)37-13-7-33(8-14-37)17-19(18-33)30(43)38-9-5-21(6-10-38)48(46,47)39-11-3-20(35)4-12-39/h15-16,19-21,25,36H,1-14,17-18,35H2. The number of nitrogens with two attached hydrogens (primary N) is 1. The predicted octanol–water partition coefficient (Wildman–Crippen LogP) is 1.48. The maximum atomic E-state index is 15.4. The van der Waals surface area contributed by atoms with Crippen molar-refractivity contribution in [3.8, 4) is 0 Å². The molecule has 1 atom stereocenters. The van der Waals surface area contributed by atoms with Crippen LogP contribution in [0.2, 0.25) is 0 Å². The molecular formula is C33H41FN6O7S. The Morgan fingerprint density at radius 2 is 1.48 bits per heavy atom. The Labute approximate surface area is 278 Å². The number of hydrogen-bond donors (Lipinski definition) is 2. The molecule has 2 saturated carbocycles. The molecule has 258 valence electrons. The van der Waals surface area contributed by atoms with Crippen LogP contribution in [0.15, 0.2) is 12.1 Å². The minimum Gasteiger partial charge on any atom is -0.369 e. The molecule has 3 amide bonds. The van der Waals surface area contributed by atoms with E-state index in [1.54, 1.807) is 4.31 Å². The van der Waals surface area contributed by atoms with E-state index >= 15 is 4.39 Å². The van der Waals surface area contributed by atoms with Crippen molar-refractivity contribution in [3.05, 3.63) is 29.1 Å². The van der Waals surface area contributed by atoms with Crippen molar-refractivity contribution >= 4 is 50.7 Å². The molecule has 3 saturated heterocycles. The van der Waals surface area contributed by atoms with Crippen LogP contribution in [0, 0.1) is 22.6 Å². The minimum atomic E-state index is -3.41. The molecule has 4 aliphatic heterocycles. The SMILES string of the molecule is N=C1C(=O)CCC(N2C(=O)c3cc(F)c(N4CCC5(CC4)CC(C(=O)N4CCC(S(=O)(=O)N6CCC(N)CC6)CC4)C5)cc3C2=O)C1=O. The summed E-state index contributed by atoms with van der Waals surface area (Å²) in [5.41, 5.74) is 5.24. The first-order chi connectivity index (χ1) is 22.8. The fourth-order valence-electron chi connectivity index (χ4n) is 8.63. The lowest BCUT2D eigenvalue weighted by Crippen LogP contribution is -2.54. The number of sulfonamides is 1. The number of anilines is 1. The molecule has 0 radical (unpaired) electrons. The van der Waals surface area contributed by atoms with E-state index < -0.39 is 56.2 Å². The molecule has 48 heavy (non-hydrogen) atoms. The summed E-state index contributed by atoms with van der Waals surface area (Å²) in [6, 6.07) is 1.20. The fourth-order valence-corrected chi connectivity index (χ4v) is 10.6. The summed E-state index contributed by atoms with van der Waals surface area (Å²) in [7, 11) is -3.41. The van der Waals surface area contributed by atoms with Gasteiger partial charge in [0.05, 0.1) is 22.1 Å². The number of imide groups is 1. The molecule has 15 heteroatoms. The highest BCUT2D eigenvalue weighted by molar-refractivity contribution is 7.89. The van der Waals surface area contributed by atoms with Crippen LogP contribution in [0.1, 0.15) is 84.9 Å². The number of likely N-dealkylation sites (tertiary alicyclic amines) is 1. The first-order valence-corrected chi connectivity index (χ1v) is 18.5. The van der Waals surface area contributed by atoms with Gasteiger partial charge in [-0.05, 0) is 75.3 Å². The lowest BCUT2D eigenvalue weighted by molar-refractivity contribution is -0.145. The Morgan fingerprint density at radius 1 is 0.875 bits per heavy atom. The summed E-state index contributed by atoms with van der Waals surface area (Å²) in [5, 5.41) is 7.26. The Balaban J connectivity index is 0.929. The Hall–Kier alpha value is -3.56. The minimum absolute atomic E-state index is 0.00100. The number of halogens is 1. The van der Waals surface area contributed by atoms with Crippen molar-refractivity contribution in [1.29, 1.82) is 5.41 Å². The van der Waals surface area contributed by atoms with Gasteiger partial charge >= 0.3 is 0 Å². The monoisotopic (exact) mass is 684 g/mol. The Bertz CT molecular complexity index is 1700. The van der Waals surface area contributed by atoms with E-state index in [-0.39, 0.29) is 52.9 Å². The third kappa shape index (κ3) is 5.47. The van der Waals surface area contributed by atoms with E-state index in [0.29, 0.717) is 65.0 Å². The molecule has 7 rings (SSSR count). The number of nitrogens with one attached hydrogen (secondary N) is 1. The van der Waals surface area contributed by atoms with E-state index in [2.05, 4.69) is 0 Å². The maximum absolute atomic E-state index is 15.4. The van der Waals surface area contributed by atoms with Gasteiger partial charge in [-0.2, -0.15) is 0 Å². The number of amides is 3. The highest BCUT2D eigenvalue weighted by Gasteiger charge is 2.51. The number of carbonyl (C=O) groups excluding carboxylic acids is 5. The van der Waals surface area contributed by atoms with Crippen LogP contribution < -0.4 is 10.6 Å². The van der Waals surface area contributed by atoms with Gasteiger partial charge in [0.25, 0.3) is 11.8 Å². The largest absolute Gasteiger partial charge is 0.369 e. The number of piperidine rings is 3. The van der Waals surface area contributed by atoms with Gasteiger partial charge in [0.1, 0.15) is 17.6 Å². The molecule has 1 aromatic rings. The van der Waals surface area contributed by atoms with Gasteiger partial charge in [-0.1, -0.05) is 0 Å². The zero-order valence-corrected chi connectivity index (χ0v) is 27.6. The van der Waals surface area contributed by atoms with Gasteiger partial charge in [0.15, 0.2) is 5.78 Å². The van der Waals surface area contributed by atoms with Crippen molar-refractivity contribution in [2.45, 2.75) is 81.5 Å². The molecule has 5 fully saturated rings. The van der Waals surface area contributed by atoms with Crippen LogP contribution >= 0.6 is 0 Å². The van der Waals surface area contributed by atoms with Gasteiger partial charge in [-0.15, -0.1) is 0 Å².